The molecule has 0 aliphatic rings. The van der Waals surface area contributed by atoms with Crippen LogP contribution in [0.2, 0.25) is 5.02 Å². The lowest BCUT2D eigenvalue weighted by Gasteiger charge is -2.22. The Kier molecular flexibility index (Phi) is 6.59. The fraction of sp³-hybridized carbons (Fsp3) is 0.300. The van der Waals surface area contributed by atoms with Crippen LogP contribution in [0, 0.1) is 0 Å². The molecule has 0 radical (unpaired) electrons. The van der Waals surface area contributed by atoms with Gasteiger partial charge in [0.2, 0.25) is 5.91 Å². The average molecular weight is 360 g/mol. The molecule has 0 atom stereocenters. The molecule has 0 aliphatic carbocycles. The Morgan fingerprint density at radius 1 is 1.12 bits per heavy atom. The fourth-order valence-electron chi connectivity index (χ4n) is 2.62. The van der Waals surface area contributed by atoms with Gasteiger partial charge in [0, 0.05) is 29.2 Å². The Bertz CT molecular complexity index is 773. The summed E-state index contributed by atoms with van der Waals surface area (Å²) in [5.74, 6) is 0.522. The van der Waals surface area contributed by atoms with Crippen molar-refractivity contribution in [3.8, 4) is 5.75 Å². The molecule has 25 heavy (non-hydrogen) atoms. The second kappa shape index (κ2) is 8.67. The SMILES string of the molecule is CCN(Cc1ccccc1Cl)C(=O)Cc1cc(C(C)=O)ccc1OC. The molecule has 0 spiro atoms. The van der Waals surface area contributed by atoms with Crippen molar-refractivity contribution in [1.29, 1.82) is 0 Å². The maximum absolute atomic E-state index is 12.8. The first-order valence-corrected chi connectivity index (χ1v) is 8.53. The third-order valence-corrected chi connectivity index (χ3v) is 4.45. The van der Waals surface area contributed by atoms with Gasteiger partial charge in [-0.2, -0.15) is 0 Å². The zero-order valence-corrected chi connectivity index (χ0v) is 15.5. The molecule has 0 unspecified atom stereocenters. The minimum absolute atomic E-state index is 0.0404. The third kappa shape index (κ3) is 4.83. The average Bonchev–Trinajstić information content (AvgIpc) is 2.60. The molecule has 0 saturated heterocycles. The number of carbonyl (C=O) groups is 2. The Balaban J connectivity index is 2.20. The van der Waals surface area contributed by atoms with Crippen molar-refractivity contribution in [3.05, 3.63) is 64.2 Å². The van der Waals surface area contributed by atoms with Crippen LogP contribution in [0.4, 0.5) is 0 Å². The van der Waals surface area contributed by atoms with Crippen LogP contribution >= 0.6 is 11.6 Å². The normalized spacial score (nSPS) is 10.4. The quantitative estimate of drug-likeness (QED) is 0.698. The van der Waals surface area contributed by atoms with E-state index in [0.29, 0.717) is 35.0 Å². The number of halogens is 1. The van der Waals surface area contributed by atoms with E-state index >= 15 is 0 Å². The summed E-state index contributed by atoms with van der Waals surface area (Å²) in [4.78, 5) is 26.1. The van der Waals surface area contributed by atoms with Crippen LogP contribution in [-0.4, -0.2) is 30.2 Å². The molecule has 0 aliphatic heterocycles. The van der Waals surface area contributed by atoms with E-state index in [-0.39, 0.29) is 18.1 Å². The van der Waals surface area contributed by atoms with Crippen LogP contribution in [0.5, 0.6) is 5.75 Å². The van der Waals surface area contributed by atoms with Crippen LogP contribution in [0.15, 0.2) is 42.5 Å². The highest BCUT2D eigenvalue weighted by Crippen LogP contribution is 2.23. The van der Waals surface area contributed by atoms with Gasteiger partial charge in [-0.05, 0) is 43.7 Å². The maximum atomic E-state index is 12.8. The summed E-state index contributed by atoms with van der Waals surface area (Å²) in [6, 6.07) is 12.6. The van der Waals surface area contributed by atoms with Crippen molar-refractivity contribution in [1.82, 2.24) is 4.90 Å². The predicted octanol–water partition coefficient (Wildman–Crippen LogP) is 4.14. The summed E-state index contributed by atoms with van der Waals surface area (Å²) in [7, 11) is 1.55. The lowest BCUT2D eigenvalue weighted by atomic mass is 10.0. The molecule has 0 aromatic heterocycles. The number of hydrogen-bond donors (Lipinski definition) is 0. The van der Waals surface area contributed by atoms with Crippen molar-refractivity contribution < 1.29 is 14.3 Å². The van der Waals surface area contributed by atoms with E-state index in [2.05, 4.69) is 0 Å². The summed E-state index contributed by atoms with van der Waals surface area (Å²) in [5, 5.41) is 0.643. The second-order valence-corrected chi connectivity index (χ2v) is 6.17. The number of nitrogens with zero attached hydrogens (tertiary/aromatic N) is 1. The van der Waals surface area contributed by atoms with Gasteiger partial charge in [0.15, 0.2) is 5.78 Å². The maximum Gasteiger partial charge on any atom is 0.227 e. The van der Waals surface area contributed by atoms with E-state index in [0.717, 1.165) is 5.56 Å². The molecule has 0 saturated carbocycles. The van der Waals surface area contributed by atoms with Gasteiger partial charge in [0.1, 0.15) is 5.75 Å². The number of amides is 1. The molecule has 2 aromatic rings. The highest BCUT2D eigenvalue weighted by atomic mass is 35.5. The molecular weight excluding hydrogens is 338 g/mol. The van der Waals surface area contributed by atoms with Crippen molar-refractivity contribution in [2.24, 2.45) is 0 Å². The number of benzene rings is 2. The minimum Gasteiger partial charge on any atom is -0.496 e. The number of ketones is 1. The molecular formula is C20H22ClNO3. The van der Waals surface area contributed by atoms with Gasteiger partial charge in [-0.15, -0.1) is 0 Å². The van der Waals surface area contributed by atoms with Crippen LogP contribution in [0.1, 0.15) is 35.3 Å². The smallest absolute Gasteiger partial charge is 0.227 e. The van der Waals surface area contributed by atoms with E-state index in [9.17, 15) is 9.59 Å². The molecule has 0 fully saturated rings. The van der Waals surface area contributed by atoms with Crippen molar-refractivity contribution in [3.63, 3.8) is 0 Å². The molecule has 0 bridgehead atoms. The van der Waals surface area contributed by atoms with Crippen LogP contribution in [0.3, 0.4) is 0 Å². The van der Waals surface area contributed by atoms with Gasteiger partial charge in [-0.3, -0.25) is 9.59 Å². The highest BCUT2D eigenvalue weighted by Gasteiger charge is 2.17. The molecule has 2 rings (SSSR count). The van der Waals surface area contributed by atoms with E-state index in [1.807, 2.05) is 31.2 Å². The summed E-state index contributed by atoms with van der Waals surface area (Å²) < 4.78 is 5.33. The van der Waals surface area contributed by atoms with E-state index in [1.165, 1.54) is 6.92 Å². The molecule has 2 aromatic carbocycles. The number of ether oxygens (including phenoxy) is 1. The lowest BCUT2D eigenvalue weighted by Crippen LogP contribution is -2.31. The first-order chi connectivity index (χ1) is 12.0. The lowest BCUT2D eigenvalue weighted by molar-refractivity contribution is -0.130. The number of Topliss-reactive ketones (excluding diaryl/α,β-unsaturated/α-hetero) is 1. The monoisotopic (exact) mass is 359 g/mol. The molecule has 5 heteroatoms. The molecule has 0 heterocycles. The number of rotatable bonds is 7. The summed E-state index contributed by atoms with van der Waals surface area (Å²) in [5.41, 5.74) is 2.18. The van der Waals surface area contributed by atoms with E-state index in [1.54, 1.807) is 30.2 Å². The van der Waals surface area contributed by atoms with E-state index in [4.69, 9.17) is 16.3 Å². The zero-order chi connectivity index (χ0) is 18.4. The fourth-order valence-corrected chi connectivity index (χ4v) is 2.81. The molecule has 4 nitrogen and oxygen atoms in total. The summed E-state index contributed by atoms with van der Waals surface area (Å²) >= 11 is 6.20. The van der Waals surface area contributed by atoms with Gasteiger partial charge in [0.25, 0.3) is 0 Å². The number of carbonyl (C=O) groups excluding carboxylic acids is 2. The first-order valence-electron chi connectivity index (χ1n) is 8.15. The van der Waals surface area contributed by atoms with Gasteiger partial charge >= 0.3 is 0 Å². The predicted molar refractivity (Wildman–Crippen MR) is 99.2 cm³/mol. The topological polar surface area (TPSA) is 46.6 Å². The Morgan fingerprint density at radius 2 is 1.84 bits per heavy atom. The number of methoxy groups -OCH3 is 1. The Hall–Kier alpha value is -2.33. The number of likely N-dealkylation sites (N-methyl/N-ethyl adjacent to an activating group) is 1. The van der Waals surface area contributed by atoms with Crippen LogP contribution < -0.4 is 4.74 Å². The van der Waals surface area contributed by atoms with Crippen LogP contribution in [-0.2, 0) is 17.8 Å². The Labute approximate surface area is 153 Å². The molecule has 0 N–H and O–H groups in total. The van der Waals surface area contributed by atoms with Crippen LogP contribution in [0.25, 0.3) is 0 Å². The molecule has 132 valence electrons. The second-order valence-electron chi connectivity index (χ2n) is 5.76. The van der Waals surface area contributed by atoms with Crippen molar-refractivity contribution in [2.75, 3.05) is 13.7 Å². The van der Waals surface area contributed by atoms with E-state index < -0.39 is 0 Å². The standard InChI is InChI=1S/C20H22ClNO3/c1-4-22(13-16-7-5-6-8-18(16)21)20(24)12-17-11-15(14(2)23)9-10-19(17)25-3/h5-11H,4,12-13H2,1-3H3. The van der Waals surface area contributed by atoms with Crippen molar-refractivity contribution in [2.45, 2.75) is 26.8 Å². The first kappa shape index (κ1) is 19.0. The molecule has 1 amide bonds. The highest BCUT2D eigenvalue weighted by molar-refractivity contribution is 6.31. The van der Waals surface area contributed by atoms with Gasteiger partial charge < -0.3 is 9.64 Å². The van der Waals surface area contributed by atoms with Gasteiger partial charge in [-0.1, -0.05) is 29.8 Å². The largest absolute Gasteiger partial charge is 0.496 e. The third-order valence-electron chi connectivity index (χ3n) is 4.08. The van der Waals surface area contributed by atoms with Gasteiger partial charge in [-0.25, -0.2) is 0 Å². The Morgan fingerprint density at radius 3 is 2.44 bits per heavy atom. The minimum atomic E-state index is -0.0419. The van der Waals surface area contributed by atoms with Gasteiger partial charge in [0.05, 0.1) is 13.5 Å². The summed E-state index contributed by atoms with van der Waals surface area (Å²) in [6.45, 7) is 4.45. The van der Waals surface area contributed by atoms with Crippen molar-refractivity contribution >= 4 is 23.3 Å². The number of hydrogen-bond acceptors (Lipinski definition) is 3. The zero-order valence-electron chi connectivity index (χ0n) is 14.7. The summed E-state index contributed by atoms with van der Waals surface area (Å²) in [6.07, 6.45) is 0.169.